The summed E-state index contributed by atoms with van der Waals surface area (Å²) in [5, 5.41) is 6.58. The SMILES string of the molecule is CCOC(=O)c1ccc(NC(=O)[C@@H]2CC(c3cccc(F)c3)=NO2)cc1. The lowest BCUT2D eigenvalue weighted by atomic mass is 10.0. The van der Waals surface area contributed by atoms with Crippen molar-refractivity contribution in [2.24, 2.45) is 5.16 Å². The normalized spacial score (nSPS) is 15.8. The number of benzene rings is 2. The fourth-order valence-electron chi connectivity index (χ4n) is 2.48. The van der Waals surface area contributed by atoms with Gasteiger partial charge in [0, 0.05) is 17.7 Å². The number of oxime groups is 1. The number of esters is 1. The average Bonchev–Trinajstić information content (AvgIpc) is 3.13. The van der Waals surface area contributed by atoms with Gasteiger partial charge in [-0.3, -0.25) is 4.79 Å². The molecule has 0 saturated heterocycles. The molecule has 0 aliphatic carbocycles. The van der Waals surface area contributed by atoms with Crippen LogP contribution in [0.2, 0.25) is 0 Å². The van der Waals surface area contributed by atoms with E-state index >= 15 is 0 Å². The molecule has 0 spiro atoms. The highest BCUT2D eigenvalue weighted by Crippen LogP contribution is 2.19. The number of ether oxygens (including phenoxy) is 1. The fourth-order valence-corrected chi connectivity index (χ4v) is 2.48. The highest BCUT2D eigenvalue weighted by Gasteiger charge is 2.29. The number of nitrogens with one attached hydrogen (secondary N) is 1. The van der Waals surface area contributed by atoms with Crippen molar-refractivity contribution >= 4 is 23.3 Å². The summed E-state index contributed by atoms with van der Waals surface area (Å²) >= 11 is 0. The van der Waals surface area contributed by atoms with Crippen LogP contribution in [-0.4, -0.2) is 30.3 Å². The van der Waals surface area contributed by atoms with Crippen LogP contribution in [0, 0.1) is 5.82 Å². The highest BCUT2D eigenvalue weighted by molar-refractivity contribution is 6.06. The van der Waals surface area contributed by atoms with Crippen molar-refractivity contribution in [1.82, 2.24) is 0 Å². The van der Waals surface area contributed by atoms with E-state index in [0.717, 1.165) is 0 Å². The van der Waals surface area contributed by atoms with Crippen molar-refractivity contribution in [3.05, 3.63) is 65.5 Å². The number of carbonyl (C=O) groups is 2. The van der Waals surface area contributed by atoms with Gasteiger partial charge in [-0.25, -0.2) is 9.18 Å². The van der Waals surface area contributed by atoms with E-state index in [-0.39, 0.29) is 18.1 Å². The van der Waals surface area contributed by atoms with Crippen LogP contribution in [0.3, 0.4) is 0 Å². The van der Waals surface area contributed by atoms with Gasteiger partial charge in [0.15, 0.2) is 0 Å². The van der Waals surface area contributed by atoms with Gasteiger partial charge in [0.2, 0.25) is 6.10 Å². The van der Waals surface area contributed by atoms with E-state index in [4.69, 9.17) is 9.57 Å². The van der Waals surface area contributed by atoms with Crippen LogP contribution >= 0.6 is 0 Å². The van der Waals surface area contributed by atoms with Crippen molar-refractivity contribution < 1.29 is 23.6 Å². The van der Waals surface area contributed by atoms with Crippen molar-refractivity contribution in [3.63, 3.8) is 0 Å². The third-order valence-corrected chi connectivity index (χ3v) is 3.78. The molecule has 26 heavy (non-hydrogen) atoms. The van der Waals surface area contributed by atoms with Gasteiger partial charge in [-0.15, -0.1) is 0 Å². The van der Waals surface area contributed by atoms with Crippen molar-refractivity contribution in [2.75, 3.05) is 11.9 Å². The second-order valence-electron chi connectivity index (χ2n) is 5.63. The molecule has 0 unspecified atom stereocenters. The van der Waals surface area contributed by atoms with E-state index in [1.54, 1.807) is 43.3 Å². The van der Waals surface area contributed by atoms with Crippen LogP contribution < -0.4 is 5.32 Å². The Hall–Kier alpha value is -3.22. The first kappa shape index (κ1) is 17.6. The molecule has 2 aromatic carbocycles. The Morgan fingerprint density at radius 3 is 2.73 bits per heavy atom. The molecule has 1 aliphatic rings. The number of hydrogen-bond acceptors (Lipinski definition) is 5. The first-order chi connectivity index (χ1) is 12.6. The molecular weight excluding hydrogens is 339 g/mol. The summed E-state index contributed by atoms with van der Waals surface area (Å²) in [7, 11) is 0. The van der Waals surface area contributed by atoms with Crippen molar-refractivity contribution in [2.45, 2.75) is 19.4 Å². The lowest BCUT2D eigenvalue weighted by Gasteiger charge is -2.10. The fraction of sp³-hybridized carbons (Fsp3) is 0.211. The minimum absolute atomic E-state index is 0.246. The van der Waals surface area contributed by atoms with Crippen LogP contribution in [0.5, 0.6) is 0 Å². The van der Waals surface area contributed by atoms with Crippen molar-refractivity contribution in [3.8, 4) is 0 Å². The molecule has 1 N–H and O–H groups in total. The molecule has 7 heteroatoms. The maximum atomic E-state index is 13.3. The molecule has 1 amide bonds. The van der Waals surface area contributed by atoms with E-state index in [9.17, 15) is 14.0 Å². The molecule has 0 bridgehead atoms. The van der Waals surface area contributed by atoms with Gasteiger partial charge in [0.05, 0.1) is 17.9 Å². The Bertz CT molecular complexity index is 849. The minimum Gasteiger partial charge on any atom is -0.462 e. The Labute approximate surface area is 149 Å². The van der Waals surface area contributed by atoms with Gasteiger partial charge in [-0.05, 0) is 43.3 Å². The highest BCUT2D eigenvalue weighted by atomic mass is 19.1. The smallest absolute Gasteiger partial charge is 0.338 e. The Morgan fingerprint density at radius 2 is 2.04 bits per heavy atom. The van der Waals surface area contributed by atoms with E-state index in [2.05, 4.69) is 10.5 Å². The second kappa shape index (κ2) is 7.77. The van der Waals surface area contributed by atoms with Gasteiger partial charge >= 0.3 is 5.97 Å². The van der Waals surface area contributed by atoms with E-state index in [0.29, 0.717) is 29.1 Å². The van der Waals surface area contributed by atoms with E-state index in [1.807, 2.05) is 0 Å². The third-order valence-electron chi connectivity index (χ3n) is 3.78. The van der Waals surface area contributed by atoms with Crippen molar-refractivity contribution in [1.29, 1.82) is 0 Å². The molecular formula is C19H17FN2O4. The van der Waals surface area contributed by atoms with Gasteiger partial charge in [0.1, 0.15) is 5.82 Å². The number of nitrogens with zero attached hydrogens (tertiary/aromatic N) is 1. The van der Waals surface area contributed by atoms with E-state index < -0.39 is 12.1 Å². The number of rotatable bonds is 5. The number of carbonyl (C=O) groups excluding carboxylic acids is 2. The van der Waals surface area contributed by atoms with Crippen LogP contribution in [-0.2, 0) is 14.4 Å². The number of anilines is 1. The molecule has 1 atom stereocenters. The lowest BCUT2D eigenvalue weighted by molar-refractivity contribution is -0.125. The maximum absolute atomic E-state index is 13.3. The van der Waals surface area contributed by atoms with Gasteiger partial charge < -0.3 is 14.9 Å². The summed E-state index contributed by atoms with van der Waals surface area (Å²) in [6.45, 7) is 2.03. The molecule has 0 radical (unpaired) electrons. The average molecular weight is 356 g/mol. The minimum atomic E-state index is -0.794. The molecule has 1 heterocycles. The van der Waals surface area contributed by atoms with Crippen LogP contribution in [0.1, 0.15) is 29.3 Å². The predicted octanol–water partition coefficient (Wildman–Crippen LogP) is 3.13. The Balaban J connectivity index is 1.59. The van der Waals surface area contributed by atoms with Crippen LogP contribution in [0.25, 0.3) is 0 Å². The third kappa shape index (κ3) is 4.05. The standard InChI is InChI=1S/C19H17FN2O4/c1-2-25-19(24)12-6-8-15(9-7-12)21-18(23)17-11-16(22-26-17)13-4-3-5-14(20)10-13/h3-10,17H,2,11H2,1H3,(H,21,23)/t17-/m0/s1. The quantitative estimate of drug-likeness (QED) is 0.835. The number of amides is 1. The summed E-state index contributed by atoms with van der Waals surface area (Å²) in [6, 6.07) is 12.3. The molecule has 134 valence electrons. The molecule has 3 rings (SSSR count). The summed E-state index contributed by atoms with van der Waals surface area (Å²) < 4.78 is 18.2. The summed E-state index contributed by atoms with van der Waals surface area (Å²) in [5.74, 6) is -1.17. The molecule has 1 aliphatic heterocycles. The van der Waals surface area contributed by atoms with E-state index in [1.165, 1.54) is 12.1 Å². The molecule has 6 nitrogen and oxygen atoms in total. The second-order valence-corrected chi connectivity index (χ2v) is 5.63. The topological polar surface area (TPSA) is 77.0 Å². The number of halogens is 1. The van der Waals surface area contributed by atoms with Gasteiger partial charge in [-0.1, -0.05) is 17.3 Å². The van der Waals surface area contributed by atoms with Gasteiger partial charge in [0.25, 0.3) is 5.91 Å². The zero-order valence-electron chi connectivity index (χ0n) is 14.1. The molecule has 0 fully saturated rings. The summed E-state index contributed by atoms with van der Waals surface area (Å²) in [5.41, 5.74) is 2.02. The molecule has 0 aromatic heterocycles. The number of hydrogen-bond donors (Lipinski definition) is 1. The van der Waals surface area contributed by atoms with Crippen LogP contribution in [0.4, 0.5) is 10.1 Å². The monoisotopic (exact) mass is 356 g/mol. The zero-order valence-corrected chi connectivity index (χ0v) is 14.1. The first-order valence-corrected chi connectivity index (χ1v) is 8.13. The Kier molecular flexibility index (Phi) is 5.26. The lowest BCUT2D eigenvalue weighted by Crippen LogP contribution is -2.28. The largest absolute Gasteiger partial charge is 0.462 e. The van der Waals surface area contributed by atoms with Crippen LogP contribution in [0.15, 0.2) is 53.7 Å². The summed E-state index contributed by atoms with van der Waals surface area (Å²) in [6.07, 6.45) is -0.547. The molecule has 0 saturated carbocycles. The van der Waals surface area contributed by atoms with Gasteiger partial charge in [-0.2, -0.15) is 0 Å². The maximum Gasteiger partial charge on any atom is 0.338 e. The molecule has 2 aromatic rings. The predicted molar refractivity (Wildman–Crippen MR) is 93.5 cm³/mol. The first-order valence-electron chi connectivity index (χ1n) is 8.13. The summed E-state index contributed by atoms with van der Waals surface area (Å²) in [4.78, 5) is 29.1. The zero-order chi connectivity index (χ0) is 18.5. The Morgan fingerprint density at radius 1 is 1.27 bits per heavy atom.